The van der Waals surface area contributed by atoms with Gasteiger partial charge in [-0.25, -0.2) is 13.4 Å². The molecule has 2 aromatic heterocycles. The minimum atomic E-state index is -2.63. The van der Waals surface area contributed by atoms with Crippen molar-refractivity contribution in [2.45, 2.75) is 63.7 Å². The second kappa shape index (κ2) is 17.0. The summed E-state index contributed by atoms with van der Waals surface area (Å²) in [4.78, 5) is 30.1. The van der Waals surface area contributed by atoms with Gasteiger partial charge >= 0.3 is 0 Å². The van der Waals surface area contributed by atoms with Crippen molar-refractivity contribution in [1.82, 2.24) is 25.5 Å². The van der Waals surface area contributed by atoms with E-state index in [9.17, 15) is 23.1 Å². The number of amides is 2. The van der Waals surface area contributed by atoms with Crippen LogP contribution in [0.25, 0.3) is 5.82 Å². The Labute approximate surface area is 294 Å². The number of hydrogen-bond donors (Lipinski definition) is 5. The summed E-state index contributed by atoms with van der Waals surface area (Å²) in [7, 11) is -2.63. The summed E-state index contributed by atoms with van der Waals surface area (Å²) in [5, 5.41) is 20.0. The van der Waals surface area contributed by atoms with Crippen LogP contribution >= 0.6 is 0 Å². The molecule has 2 atom stereocenters. The van der Waals surface area contributed by atoms with Crippen LogP contribution in [0.5, 0.6) is 0 Å². The fourth-order valence-electron chi connectivity index (χ4n) is 5.72. The van der Waals surface area contributed by atoms with Crippen molar-refractivity contribution in [3.8, 4) is 5.82 Å². The molecule has 0 spiro atoms. The predicted molar refractivity (Wildman–Crippen MR) is 194 cm³/mol. The van der Waals surface area contributed by atoms with Gasteiger partial charge in [-0.1, -0.05) is 54.6 Å². The minimum Gasteiger partial charge on any atom is -0.387 e. The molecule has 50 heavy (non-hydrogen) atoms. The molecule has 0 radical (unpaired) electrons. The maximum absolute atomic E-state index is 12.8. The zero-order valence-corrected chi connectivity index (χ0v) is 29.3. The molecule has 11 heteroatoms. The third-order valence-electron chi connectivity index (χ3n) is 8.52. The molecule has 0 bridgehead atoms. The van der Waals surface area contributed by atoms with E-state index in [4.69, 9.17) is 0 Å². The molecule has 0 aliphatic rings. The fourth-order valence-corrected chi connectivity index (χ4v) is 6.11. The van der Waals surface area contributed by atoms with Crippen LogP contribution in [0.3, 0.4) is 0 Å². The van der Waals surface area contributed by atoms with Gasteiger partial charge in [0.05, 0.1) is 17.4 Å². The number of aryl methyl sites for hydroxylation is 2. The minimum absolute atomic E-state index is 0.0979. The van der Waals surface area contributed by atoms with E-state index >= 15 is 0 Å². The maximum atomic E-state index is 12.8. The molecule has 0 fully saturated rings. The highest BCUT2D eigenvalue weighted by Gasteiger charge is 2.13. The van der Waals surface area contributed by atoms with E-state index in [0.29, 0.717) is 18.7 Å². The van der Waals surface area contributed by atoms with Gasteiger partial charge in [0.25, 0.3) is 5.91 Å². The number of nitrogens with one attached hydrogen (secondary N) is 3. The predicted octanol–water partition coefficient (Wildman–Crippen LogP) is 4.50. The van der Waals surface area contributed by atoms with E-state index in [-0.39, 0.29) is 35.7 Å². The van der Waals surface area contributed by atoms with Gasteiger partial charge in [-0.3, -0.25) is 9.59 Å². The first-order valence-electron chi connectivity index (χ1n) is 16.5. The Kier molecular flexibility index (Phi) is 12.3. The second-order valence-corrected chi connectivity index (χ2v) is 13.5. The number of pyridine rings is 1. The number of carbonyl (C=O) groups is 2. The molecule has 1 unspecified atom stereocenters. The third kappa shape index (κ3) is 9.97. The van der Waals surface area contributed by atoms with Gasteiger partial charge in [0.2, 0.25) is 5.91 Å². The summed E-state index contributed by atoms with van der Waals surface area (Å²) in [6.45, 7) is 7.15. The molecule has 5 rings (SSSR count). The van der Waals surface area contributed by atoms with Gasteiger partial charge in [0.15, 0.2) is 10.7 Å². The second-order valence-electron chi connectivity index (χ2n) is 12.5. The average Bonchev–Trinajstić information content (AvgIpc) is 3.46. The van der Waals surface area contributed by atoms with Crippen LogP contribution in [-0.4, -0.2) is 47.5 Å². The van der Waals surface area contributed by atoms with Crippen molar-refractivity contribution in [3.63, 3.8) is 0 Å². The first-order valence-corrected chi connectivity index (χ1v) is 17.7. The standard InChI is InChI=1S/C39H43N5O5S/c1-26(40-25-36(45)34-15-18-37(41-24-34)44-27(2)7-8-28(44)3)19-31-5-4-6-32(20-31)21-38(46)42-22-29-9-13-33(14-10-29)39(47)43-23-30-11-16-35(17-12-30)50(48)49/h4-18,20,24,26,36,40,45,50H,19,21-23,25H2,1-3H3,(H,42,46)(H,43,47)/t26?,36-/m0/s1. The summed E-state index contributed by atoms with van der Waals surface area (Å²) >= 11 is 0. The molecule has 2 amide bonds. The summed E-state index contributed by atoms with van der Waals surface area (Å²) in [6, 6.07) is 29.4. The largest absolute Gasteiger partial charge is 0.387 e. The van der Waals surface area contributed by atoms with Crippen molar-refractivity contribution in [3.05, 3.63) is 148 Å². The number of thiol groups is 1. The van der Waals surface area contributed by atoms with Gasteiger partial charge in [0.1, 0.15) is 5.82 Å². The van der Waals surface area contributed by atoms with E-state index < -0.39 is 16.8 Å². The van der Waals surface area contributed by atoms with E-state index in [2.05, 4.69) is 44.6 Å². The smallest absolute Gasteiger partial charge is 0.251 e. The molecule has 3 aromatic carbocycles. The van der Waals surface area contributed by atoms with Gasteiger partial charge in [0, 0.05) is 54.4 Å². The van der Waals surface area contributed by atoms with Crippen molar-refractivity contribution in [2.75, 3.05) is 6.54 Å². The molecule has 0 aliphatic carbocycles. The quantitative estimate of drug-likeness (QED) is 0.102. The first-order chi connectivity index (χ1) is 24.0. The van der Waals surface area contributed by atoms with Crippen LogP contribution in [0, 0.1) is 13.8 Å². The third-order valence-corrected chi connectivity index (χ3v) is 9.24. The molecule has 0 saturated heterocycles. The van der Waals surface area contributed by atoms with Crippen molar-refractivity contribution < 1.29 is 23.1 Å². The number of benzene rings is 3. The van der Waals surface area contributed by atoms with E-state index in [0.717, 1.165) is 51.4 Å². The van der Waals surface area contributed by atoms with Gasteiger partial charge in [-0.15, -0.1) is 0 Å². The SMILES string of the molecule is Cc1ccc(C)n1-c1ccc([C@@H](O)CNC(C)Cc2cccc(CC(=O)NCc3ccc(C(=O)NCc4ccc([SH](=O)=O)cc4)cc3)c2)cn1. The molecule has 10 nitrogen and oxygen atoms in total. The molecule has 0 aliphatic heterocycles. The highest BCUT2D eigenvalue weighted by Crippen LogP contribution is 2.18. The molecular weight excluding hydrogens is 651 g/mol. The van der Waals surface area contributed by atoms with Crippen LogP contribution in [0.15, 0.2) is 108 Å². The van der Waals surface area contributed by atoms with Crippen LogP contribution in [0.4, 0.5) is 0 Å². The Morgan fingerprint density at radius 1 is 0.800 bits per heavy atom. The Balaban J connectivity index is 1.03. The lowest BCUT2D eigenvalue weighted by atomic mass is 10.0. The molecule has 2 heterocycles. The summed E-state index contributed by atoms with van der Waals surface area (Å²) in [6.07, 6.45) is 2.02. The molecule has 4 N–H and O–H groups in total. The summed E-state index contributed by atoms with van der Waals surface area (Å²) in [5.41, 5.74) is 7.12. The highest BCUT2D eigenvalue weighted by atomic mass is 32.2. The highest BCUT2D eigenvalue weighted by molar-refractivity contribution is 7.72. The van der Waals surface area contributed by atoms with Crippen molar-refractivity contribution >= 4 is 22.5 Å². The summed E-state index contributed by atoms with van der Waals surface area (Å²) < 4.78 is 24.2. The number of nitrogens with zero attached hydrogens (tertiary/aromatic N) is 2. The topological polar surface area (TPSA) is 142 Å². The van der Waals surface area contributed by atoms with Crippen molar-refractivity contribution in [2.24, 2.45) is 0 Å². The monoisotopic (exact) mass is 693 g/mol. The normalized spacial score (nSPS) is 12.4. The number of carbonyl (C=O) groups excluding carboxylic acids is 2. The van der Waals surface area contributed by atoms with E-state index in [1.807, 2.05) is 50.2 Å². The fraction of sp³-hybridized carbons (Fsp3) is 0.256. The van der Waals surface area contributed by atoms with Gasteiger partial charge in [-0.2, -0.15) is 0 Å². The van der Waals surface area contributed by atoms with Crippen LogP contribution < -0.4 is 16.0 Å². The number of aliphatic hydroxyl groups is 1. The van der Waals surface area contributed by atoms with E-state index in [1.165, 1.54) is 12.1 Å². The summed E-state index contributed by atoms with van der Waals surface area (Å²) in [5.74, 6) is 0.474. The molecule has 260 valence electrons. The maximum Gasteiger partial charge on any atom is 0.251 e. The van der Waals surface area contributed by atoms with E-state index in [1.54, 1.807) is 42.6 Å². The molecular formula is C39H43N5O5S. The van der Waals surface area contributed by atoms with Gasteiger partial charge in [-0.05, 0) is 91.9 Å². The zero-order chi connectivity index (χ0) is 35.6. The van der Waals surface area contributed by atoms with Gasteiger partial charge < -0.3 is 25.6 Å². The zero-order valence-electron chi connectivity index (χ0n) is 28.4. The van der Waals surface area contributed by atoms with Crippen LogP contribution in [0.2, 0.25) is 0 Å². The lowest BCUT2D eigenvalue weighted by Gasteiger charge is -2.18. The molecule has 0 saturated carbocycles. The van der Waals surface area contributed by atoms with Crippen molar-refractivity contribution in [1.29, 1.82) is 0 Å². The Hall–Kier alpha value is -5.10. The number of hydrogen-bond acceptors (Lipinski definition) is 7. The van der Waals surface area contributed by atoms with Crippen LogP contribution in [0.1, 0.15) is 62.6 Å². The van der Waals surface area contributed by atoms with Crippen LogP contribution in [-0.2, 0) is 41.4 Å². The molecule has 5 aromatic rings. The first kappa shape index (κ1) is 36.2. The Bertz CT molecular complexity index is 1960. The Morgan fingerprint density at radius 2 is 1.44 bits per heavy atom. The number of aromatic nitrogens is 2. The number of rotatable bonds is 15. The average molecular weight is 694 g/mol. The lowest BCUT2D eigenvalue weighted by Crippen LogP contribution is -2.32. The lowest BCUT2D eigenvalue weighted by molar-refractivity contribution is -0.120. The Morgan fingerprint density at radius 3 is 2.08 bits per heavy atom. The number of aliphatic hydroxyl groups excluding tert-OH is 1.